The zero-order valence-electron chi connectivity index (χ0n) is 21.1. The third-order valence-corrected chi connectivity index (χ3v) is 4.90. The van der Waals surface area contributed by atoms with E-state index in [-0.39, 0.29) is 0 Å². The number of rotatable bonds is 5. The van der Waals surface area contributed by atoms with Gasteiger partial charge in [-0.1, -0.05) is 99.2 Å². The zero-order chi connectivity index (χ0) is 24.9. The van der Waals surface area contributed by atoms with Crippen molar-refractivity contribution in [1.29, 1.82) is 0 Å². The SMILES string of the molecule is C1CCCCC1.C=C.C=C.C=C.CC(C)(OOC(C)(C)c1ccccc1)c1ccccc1. The summed E-state index contributed by atoms with van der Waals surface area (Å²) in [6.45, 7) is 26.0. The number of hydrogen-bond donors (Lipinski definition) is 0. The fourth-order valence-corrected chi connectivity index (χ4v) is 3.04. The van der Waals surface area contributed by atoms with Crippen LogP contribution >= 0.6 is 0 Å². The first-order valence-corrected chi connectivity index (χ1v) is 11.4. The van der Waals surface area contributed by atoms with Crippen molar-refractivity contribution in [3.8, 4) is 0 Å². The van der Waals surface area contributed by atoms with E-state index in [1.54, 1.807) is 0 Å². The van der Waals surface area contributed by atoms with Crippen LogP contribution in [-0.2, 0) is 21.0 Å². The standard InChI is InChI=1S/C18H22O2.C6H12.3C2H4/c1-17(2,15-11-7-5-8-12-15)19-20-18(3,4)16-13-9-6-10-14-16;1-2-4-6-5-3-1;3*1-2/h5-14H,1-4H3;1-6H2;3*1-2H2. The molecule has 1 aliphatic carbocycles. The summed E-state index contributed by atoms with van der Waals surface area (Å²) in [5.74, 6) is 0. The van der Waals surface area contributed by atoms with Crippen molar-refractivity contribution >= 4 is 0 Å². The highest BCUT2D eigenvalue weighted by molar-refractivity contribution is 5.22. The van der Waals surface area contributed by atoms with Gasteiger partial charge in [-0.2, -0.15) is 0 Å². The Bertz CT molecular complexity index is 590. The van der Waals surface area contributed by atoms with Crippen LogP contribution in [0.3, 0.4) is 0 Å². The third kappa shape index (κ3) is 13.1. The molecule has 0 aromatic heterocycles. The van der Waals surface area contributed by atoms with Crippen molar-refractivity contribution in [1.82, 2.24) is 0 Å². The van der Waals surface area contributed by atoms with Gasteiger partial charge in [0, 0.05) is 0 Å². The molecular weight excluding hydrogens is 392 g/mol. The minimum absolute atomic E-state index is 0.493. The van der Waals surface area contributed by atoms with E-state index in [0.29, 0.717) is 0 Å². The monoisotopic (exact) mass is 438 g/mol. The van der Waals surface area contributed by atoms with E-state index in [0.717, 1.165) is 11.1 Å². The van der Waals surface area contributed by atoms with Crippen molar-refractivity contribution in [3.05, 3.63) is 111 Å². The Balaban J connectivity index is 0. The van der Waals surface area contributed by atoms with E-state index in [4.69, 9.17) is 9.78 Å². The second-order valence-corrected chi connectivity index (χ2v) is 8.04. The molecule has 0 radical (unpaired) electrons. The molecule has 2 aromatic rings. The molecule has 0 N–H and O–H groups in total. The minimum Gasteiger partial charge on any atom is -0.225 e. The average molecular weight is 439 g/mol. The summed E-state index contributed by atoms with van der Waals surface area (Å²) in [5, 5.41) is 0. The van der Waals surface area contributed by atoms with Crippen LogP contribution < -0.4 is 0 Å². The van der Waals surface area contributed by atoms with Gasteiger partial charge in [-0.25, -0.2) is 9.78 Å². The number of benzene rings is 2. The molecule has 0 unspecified atom stereocenters. The van der Waals surface area contributed by atoms with Crippen LogP contribution in [0.1, 0.15) is 77.3 Å². The minimum atomic E-state index is -0.493. The van der Waals surface area contributed by atoms with Crippen LogP contribution in [0.4, 0.5) is 0 Å². The van der Waals surface area contributed by atoms with Crippen LogP contribution in [-0.4, -0.2) is 0 Å². The summed E-state index contributed by atoms with van der Waals surface area (Å²) in [5.41, 5.74) is 1.19. The Morgan fingerprint density at radius 2 is 0.688 bits per heavy atom. The molecule has 1 aliphatic rings. The second-order valence-electron chi connectivity index (χ2n) is 8.04. The topological polar surface area (TPSA) is 18.5 Å². The van der Waals surface area contributed by atoms with Gasteiger partial charge in [0.1, 0.15) is 11.2 Å². The van der Waals surface area contributed by atoms with Crippen molar-refractivity contribution in [2.24, 2.45) is 0 Å². The first-order valence-electron chi connectivity index (χ1n) is 11.4. The second kappa shape index (κ2) is 19.3. The van der Waals surface area contributed by atoms with Crippen LogP contribution in [0.15, 0.2) is 100 Å². The van der Waals surface area contributed by atoms with Gasteiger partial charge >= 0.3 is 0 Å². The van der Waals surface area contributed by atoms with Gasteiger partial charge in [-0.05, 0) is 38.8 Å². The summed E-state index contributed by atoms with van der Waals surface area (Å²) in [6.07, 6.45) is 9.00. The lowest BCUT2D eigenvalue weighted by Gasteiger charge is -2.31. The smallest absolute Gasteiger partial charge is 0.123 e. The fraction of sp³-hybridized carbons (Fsp3) is 0.400. The predicted octanol–water partition coefficient (Wildman–Crippen LogP) is 9.55. The number of hydrogen-bond acceptors (Lipinski definition) is 2. The van der Waals surface area contributed by atoms with Gasteiger partial charge in [0.2, 0.25) is 0 Å². The van der Waals surface area contributed by atoms with E-state index in [9.17, 15) is 0 Å². The van der Waals surface area contributed by atoms with Crippen molar-refractivity contribution in [2.45, 2.75) is 77.4 Å². The molecule has 0 atom stereocenters. The maximum Gasteiger partial charge on any atom is 0.123 e. The molecule has 0 amide bonds. The van der Waals surface area contributed by atoms with E-state index in [1.807, 2.05) is 88.4 Å². The molecule has 1 fully saturated rings. The highest BCUT2D eigenvalue weighted by atomic mass is 17.2. The van der Waals surface area contributed by atoms with Crippen LogP contribution in [0.2, 0.25) is 0 Å². The van der Waals surface area contributed by atoms with E-state index in [2.05, 4.69) is 39.5 Å². The van der Waals surface area contributed by atoms with Crippen LogP contribution in [0.25, 0.3) is 0 Å². The quantitative estimate of drug-likeness (QED) is 0.263. The lowest BCUT2D eigenvalue weighted by molar-refractivity contribution is -0.410. The zero-order valence-corrected chi connectivity index (χ0v) is 21.1. The van der Waals surface area contributed by atoms with E-state index < -0.39 is 11.2 Å². The van der Waals surface area contributed by atoms with E-state index in [1.165, 1.54) is 38.5 Å². The van der Waals surface area contributed by atoms with E-state index >= 15 is 0 Å². The Morgan fingerprint density at radius 3 is 0.906 bits per heavy atom. The lowest BCUT2D eigenvalue weighted by atomic mass is 9.98. The summed E-state index contributed by atoms with van der Waals surface area (Å²) in [7, 11) is 0. The molecule has 2 aromatic carbocycles. The van der Waals surface area contributed by atoms with Gasteiger partial charge in [0.25, 0.3) is 0 Å². The van der Waals surface area contributed by atoms with Gasteiger partial charge in [0.15, 0.2) is 0 Å². The van der Waals surface area contributed by atoms with Crippen molar-refractivity contribution in [2.75, 3.05) is 0 Å². The average Bonchev–Trinajstić information content (AvgIpc) is 2.89. The first kappa shape index (κ1) is 31.8. The third-order valence-electron chi connectivity index (χ3n) is 4.90. The molecule has 0 spiro atoms. The maximum absolute atomic E-state index is 5.73. The highest BCUT2D eigenvalue weighted by Crippen LogP contribution is 2.31. The van der Waals surface area contributed by atoms with Crippen molar-refractivity contribution in [3.63, 3.8) is 0 Å². The van der Waals surface area contributed by atoms with Gasteiger partial charge < -0.3 is 0 Å². The molecular formula is C30H46O2. The van der Waals surface area contributed by atoms with Crippen LogP contribution in [0.5, 0.6) is 0 Å². The highest BCUT2D eigenvalue weighted by Gasteiger charge is 2.29. The molecule has 2 heteroatoms. The summed E-state index contributed by atoms with van der Waals surface area (Å²) in [4.78, 5) is 11.5. The molecule has 0 saturated heterocycles. The van der Waals surface area contributed by atoms with Crippen molar-refractivity contribution < 1.29 is 9.78 Å². The largest absolute Gasteiger partial charge is 0.225 e. The molecule has 1 saturated carbocycles. The fourth-order valence-electron chi connectivity index (χ4n) is 3.04. The molecule has 0 bridgehead atoms. The van der Waals surface area contributed by atoms with Gasteiger partial charge in [-0.15, -0.1) is 39.5 Å². The molecule has 0 aliphatic heterocycles. The Kier molecular flexibility index (Phi) is 19.1. The normalized spacial score (nSPS) is 12.6. The van der Waals surface area contributed by atoms with Gasteiger partial charge in [0.05, 0.1) is 0 Å². The molecule has 2 nitrogen and oxygen atoms in total. The Labute approximate surface area is 198 Å². The van der Waals surface area contributed by atoms with Gasteiger partial charge in [-0.3, -0.25) is 0 Å². The Hall–Kier alpha value is -2.42. The van der Waals surface area contributed by atoms with Crippen LogP contribution in [0, 0.1) is 0 Å². The maximum atomic E-state index is 5.73. The summed E-state index contributed by atoms with van der Waals surface area (Å²) >= 11 is 0. The lowest BCUT2D eigenvalue weighted by Crippen LogP contribution is -2.29. The first-order chi connectivity index (χ1) is 15.4. The molecule has 32 heavy (non-hydrogen) atoms. The molecule has 3 rings (SSSR count). The summed E-state index contributed by atoms with van der Waals surface area (Å²) < 4.78 is 0. The molecule has 178 valence electrons. The molecule has 0 heterocycles. The Morgan fingerprint density at radius 1 is 0.469 bits per heavy atom. The predicted molar refractivity (Wildman–Crippen MR) is 143 cm³/mol. The summed E-state index contributed by atoms with van der Waals surface area (Å²) in [6, 6.07) is 20.2.